The van der Waals surface area contributed by atoms with Crippen molar-refractivity contribution in [2.75, 3.05) is 23.1 Å². The number of nitrogens with two attached hydrogens (primary N) is 1. The molecule has 14 heavy (non-hydrogen) atoms. The van der Waals surface area contributed by atoms with Crippen molar-refractivity contribution in [1.82, 2.24) is 0 Å². The van der Waals surface area contributed by atoms with Crippen molar-refractivity contribution in [1.29, 1.82) is 0 Å². The number of nitrogens with one attached hydrogen (secondary N) is 1. The molecule has 0 aliphatic carbocycles. The predicted octanol–water partition coefficient (Wildman–Crippen LogP) is 2.74. The zero-order valence-electron chi connectivity index (χ0n) is 9.00. The van der Waals surface area contributed by atoms with Crippen LogP contribution in [0, 0.1) is 6.92 Å². The lowest BCUT2D eigenvalue weighted by molar-refractivity contribution is 0.914. The molecular formula is C11H18N2S. The summed E-state index contributed by atoms with van der Waals surface area (Å²) in [5, 5.41) is 3.41. The standard InChI is InChI=1S/C11H18N2S/c1-8-4-5-10(6-11(8)12)13-9(2)7-14-3/h4-6,9,13H,7,12H2,1-3H3. The summed E-state index contributed by atoms with van der Waals surface area (Å²) in [7, 11) is 0. The summed E-state index contributed by atoms with van der Waals surface area (Å²) in [6, 6.07) is 6.59. The number of rotatable bonds is 4. The first-order valence-electron chi connectivity index (χ1n) is 4.75. The van der Waals surface area contributed by atoms with E-state index in [0.29, 0.717) is 6.04 Å². The van der Waals surface area contributed by atoms with Gasteiger partial charge in [0.05, 0.1) is 0 Å². The molecule has 1 atom stereocenters. The summed E-state index contributed by atoms with van der Waals surface area (Å²) >= 11 is 1.84. The van der Waals surface area contributed by atoms with E-state index >= 15 is 0 Å². The Hall–Kier alpha value is -0.830. The highest BCUT2D eigenvalue weighted by molar-refractivity contribution is 7.98. The van der Waals surface area contributed by atoms with Crippen LogP contribution in [0.3, 0.4) is 0 Å². The highest BCUT2D eigenvalue weighted by Crippen LogP contribution is 2.18. The van der Waals surface area contributed by atoms with Gasteiger partial charge in [0.1, 0.15) is 0 Å². The molecule has 0 spiro atoms. The maximum Gasteiger partial charge on any atom is 0.0364 e. The number of hydrogen-bond donors (Lipinski definition) is 2. The Morgan fingerprint density at radius 1 is 1.50 bits per heavy atom. The monoisotopic (exact) mass is 210 g/mol. The van der Waals surface area contributed by atoms with E-state index in [1.54, 1.807) is 0 Å². The van der Waals surface area contributed by atoms with E-state index in [2.05, 4.69) is 24.6 Å². The van der Waals surface area contributed by atoms with E-state index in [9.17, 15) is 0 Å². The van der Waals surface area contributed by atoms with Gasteiger partial charge < -0.3 is 11.1 Å². The van der Waals surface area contributed by atoms with E-state index in [1.807, 2.05) is 30.8 Å². The van der Waals surface area contributed by atoms with Crippen molar-refractivity contribution in [2.45, 2.75) is 19.9 Å². The summed E-state index contributed by atoms with van der Waals surface area (Å²) in [4.78, 5) is 0. The van der Waals surface area contributed by atoms with Crippen LogP contribution in [0.25, 0.3) is 0 Å². The third kappa shape index (κ3) is 3.14. The van der Waals surface area contributed by atoms with E-state index in [0.717, 1.165) is 22.7 Å². The fourth-order valence-electron chi connectivity index (χ4n) is 1.31. The first-order chi connectivity index (χ1) is 6.63. The van der Waals surface area contributed by atoms with Crippen molar-refractivity contribution < 1.29 is 0 Å². The minimum atomic E-state index is 0.479. The van der Waals surface area contributed by atoms with Crippen LogP contribution >= 0.6 is 11.8 Å². The number of hydrogen-bond acceptors (Lipinski definition) is 3. The molecule has 0 aliphatic heterocycles. The van der Waals surface area contributed by atoms with Crippen LogP contribution in [0.5, 0.6) is 0 Å². The zero-order chi connectivity index (χ0) is 10.6. The number of thioether (sulfide) groups is 1. The minimum Gasteiger partial charge on any atom is -0.398 e. The molecule has 0 radical (unpaired) electrons. The van der Waals surface area contributed by atoms with E-state index in [4.69, 9.17) is 5.73 Å². The normalized spacial score (nSPS) is 12.5. The van der Waals surface area contributed by atoms with Gasteiger partial charge >= 0.3 is 0 Å². The minimum absolute atomic E-state index is 0.479. The van der Waals surface area contributed by atoms with E-state index in [1.165, 1.54) is 0 Å². The summed E-state index contributed by atoms with van der Waals surface area (Å²) < 4.78 is 0. The fraction of sp³-hybridized carbons (Fsp3) is 0.455. The Morgan fingerprint density at radius 3 is 2.79 bits per heavy atom. The molecule has 1 unspecified atom stereocenters. The maximum atomic E-state index is 5.83. The second kappa shape index (κ2) is 5.15. The molecule has 2 nitrogen and oxygen atoms in total. The quantitative estimate of drug-likeness (QED) is 0.750. The van der Waals surface area contributed by atoms with Gasteiger partial charge in [-0.3, -0.25) is 0 Å². The lowest BCUT2D eigenvalue weighted by Gasteiger charge is -2.14. The van der Waals surface area contributed by atoms with Crippen LogP contribution in [-0.2, 0) is 0 Å². The zero-order valence-corrected chi connectivity index (χ0v) is 9.82. The number of aryl methyl sites for hydroxylation is 1. The topological polar surface area (TPSA) is 38.0 Å². The Morgan fingerprint density at radius 2 is 2.21 bits per heavy atom. The van der Waals surface area contributed by atoms with Gasteiger partial charge in [-0.25, -0.2) is 0 Å². The molecule has 0 fully saturated rings. The number of benzene rings is 1. The third-order valence-corrected chi connectivity index (χ3v) is 2.94. The molecule has 0 amide bonds. The summed E-state index contributed by atoms with van der Waals surface area (Å²) in [5.41, 5.74) is 8.92. The Balaban J connectivity index is 2.63. The van der Waals surface area contributed by atoms with Crippen molar-refractivity contribution in [3.63, 3.8) is 0 Å². The average Bonchev–Trinajstić information content (AvgIpc) is 2.12. The number of nitrogen functional groups attached to an aromatic ring is 1. The van der Waals surface area contributed by atoms with Crippen LogP contribution < -0.4 is 11.1 Å². The maximum absolute atomic E-state index is 5.83. The van der Waals surface area contributed by atoms with Gasteiger partial charge in [-0.2, -0.15) is 11.8 Å². The Labute approximate surface area is 90.3 Å². The highest BCUT2D eigenvalue weighted by atomic mass is 32.2. The van der Waals surface area contributed by atoms with Crippen molar-refractivity contribution >= 4 is 23.1 Å². The van der Waals surface area contributed by atoms with Crippen LogP contribution in [0.15, 0.2) is 18.2 Å². The smallest absolute Gasteiger partial charge is 0.0364 e. The highest BCUT2D eigenvalue weighted by Gasteiger charge is 2.01. The lowest BCUT2D eigenvalue weighted by atomic mass is 10.2. The van der Waals surface area contributed by atoms with Crippen LogP contribution in [0.4, 0.5) is 11.4 Å². The van der Waals surface area contributed by atoms with Gasteiger partial charge in [0.15, 0.2) is 0 Å². The van der Waals surface area contributed by atoms with E-state index in [-0.39, 0.29) is 0 Å². The molecule has 0 saturated heterocycles. The average molecular weight is 210 g/mol. The van der Waals surface area contributed by atoms with Crippen LogP contribution in [0.1, 0.15) is 12.5 Å². The molecule has 3 heteroatoms. The second-order valence-electron chi connectivity index (χ2n) is 3.57. The lowest BCUT2D eigenvalue weighted by Crippen LogP contribution is -2.17. The molecule has 0 aromatic heterocycles. The van der Waals surface area contributed by atoms with Crippen molar-refractivity contribution in [3.8, 4) is 0 Å². The molecule has 78 valence electrons. The van der Waals surface area contributed by atoms with Gasteiger partial charge in [0, 0.05) is 23.2 Å². The van der Waals surface area contributed by atoms with Gasteiger partial charge in [-0.05, 0) is 37.8 Å². The molecule has 1 rings (SSSR count). The van der Waals surface area contributed by atoms with Gasteiger partial charge in [0.2, 0.25) is 0 Å². The molecule has 0 heterocycles. The molecule has 0 aliphatic rings. The first-order valence-corrected chi connectivity index (χ1v) is 6.14. The predicted molar refractivity (Wildman–Crippen MR) is 67.1 cm³/mol. The summed E-state index contributed by atoms with van der Waals surface area (Å²) in [6.07, 6.45) is 2.11. The van der Waals surface area contributed by atoms with Crippen LogP contribution in [-0.4, -0.2) is 18.1 Å². The Bertz CT molecular complexity index is 299. The van der Waals surface area contributed by atoms with Gasteiger partial charge in [-0.1, -0.05) is 6.07 Å². The largest absolute Gasteiger partial charge is 0.398 e. The number of anilines is 2. The fourth-order valence-corrected chi connectivity index (χ4v) is 1.89. The summed E-state index contributed by atoms with van der Waals surface area (Å²) in [6.45, 7) is 4.19. The van der Waals surface area contributed by atoms with Crippen molar-refractivity contribution in [3.05, 3.63) is 23.8 Å². The molecule has 1 aromatic carbocycles. The van der Waals surface area contributed by atoms with Gasteiger partial charge in [0.25, 0.3) is 0 Å². The SMILES string of the molecule is CSCC(C)Nc1ccc(C)c(N)c1. The summed E-state index contributed by atoms with van der Waals surface area (Å²) in [5.74, 6) is 1.10. The molecule has 1 aromatic rings. The van der Waals surface area contributed by atoms with Crippen LogP contribution in [0.2, 0.25) is 0 Å². The van der Waals surface area contributed by atoms with Crippen molar-refractivity contribution in [2.24, 2.45) is 0 Å². The molecule has 3 N–H and O–H groups in total. The van der Waals surface area contributed by atoms with E-state index < -0.39 is 0 Å². The van der Waals surface area contributed by atoms with Gasteiger partial charge in [-0.15, -0.1) is 0 Å². The second-order valence-corrected chi connectivity index (χ2v) is 4.48. The molecular weight excluding hydrogens is 192 g/mol. The molecule has 0 saturated carbocycles. The first kappa shape index (κ1) is 11.2. The third-order valence-electron chi connectivity index (χ3n) is 2.11. The Kier molecular flexibility index (Phi) is 4.14. The molecule has 0 bridgehead atoms.